The van der Waals surface area contributed by atoms with Crippen LogP contribution in [0.2, 0.25) is 0 Å². The fourth-order valence-electron chi connectivity index (χ4n) is 3.19. The number of carbonyl (C=O) groups is 1. The van der Waals surface area contributed by atoms with Gasteiger partial charge in [-0.1, -0.05) is 12.8 Å². The lowest BCUT2D eigenvalue weighted by Gasteiger charge is -2.37. The average Bonchev–Trinajstić information content (AvgIpc) is 2.36. The van der Waals surface area contributed by atoms with Crippen molar-refractivity contribution in [3.8, 4) is 0 Å². The van der Waals surface area contributed by atoms with Crippen molar-refractivity contribution in [3.05, 3.63) is 33.2 Å². The molecule has 1 aliphatic carbocycles. The topological polar surface area (TPSA) is 88.0 Å². The second-order valence-electron chi connectivity index (χ2n) is 6.47. The van der Waals surface area contributed by atoms with E-state index in [9.17, 15) is 9.59 Å². The molecular formula is C16H25N3O2. The van der Waals surface area contributed by atoms with Gasteiger partial charge in [0.25, 0.3) is 5.56 Å². The van der Waals surface area contributed by atoms with Gasteiger partial charge in [0.2, 0.25) is 5.91 Å². The summed E-state index contributed by atoms with van der Waals surface area (Å²) in [6.45, 7) is 5.93. The number of aromatic nitrogens is 1. The summed E-state index contributed by atoms with van der Waals surface area (Å²) < 4.78 is 0. The van der Waals surface area contributed by atoms with Crippen LogP contribution in [0.25, 0.3) is 0 Å². The number of hydrogen-bond acceptors (Lipinski definition) is 3. The van der Waals surface area contributed by atoms with Gasteiger partial charge in [-0.2, -0.15) is 0 Å². The zero-order valence-electron chi connectivity index (χ0n) is 13.1. The fraction of sp³-hybridized carbons (Fsp3) is 0.625. The first-order chi connectivity index (χ1) is 9.81. The molecule has 1 aliphatic rings. The van der Waals surface area contributed by atoms with Crippen LogP contribution in [-0.4, -0.2) is 16.4 Å². The van der Waals surface area contributed by atoms with Crippen LogP contribution in [0, 0.1) is 19.8 Å². The lowest BCUT2D eigenvalue weighted by Crippen LogP contribution is -2.52. The van der Waals surface area contributed by atoms with Gasteiger partial charge in [0.1, 0.15) is 0 Å². The summed E-state index contributed by atoms with van der Waals surface area (Å²) in [4.78, 5) is 27.1. The number of carbonyl (C=O) groups excluding carboxylic acids is 1. The van der Waals surface area contributed by atoms with Gasteiger partial charge in [-0.3, -0.25) is 9.59 Å². The lowest BCUT2D eigenvalue weighted by molar-refractivity contribution is -0.128. The third kappa shape index (κ3) is 3.53. The van der Waals surface area contributed by atoms with E-state index in [1.165, 1.54) is 0 Å². The zero-order valence-corrected chi connectivity index (χ0v) is 13.1. The van der Waals surface area contributed by atoms with Crippen molar-refractivity contribution >= 4 is 5.91 Å². The van der Waals surface area contributed by atoms with E-state index in [-0.39, 0.29) is 23.9 Å². The Kier molecular flexibility index (Phi) is 4.52. The van der Waals surface area contributed by atoms with Crippen molar-refractivity contribution in [2.45, 2.75) is 58.5 Å². The number of amides is 1. The number of rotatable bonds is 3. The van der Waals surface area contributed by atoms with E-state index in [1.54, 1.807) is 0 Å². The normalized spacial score (nSPS) is 25.6. The largest absolute Gasteiger partial charge is 0.352 e. The molecule has 1 amide bonds. The number of pyridine rings is 1. The van der Waals surface area contributed by atoms with Gasteiger partial charge in [0, 0.05) is 23.3 Å². The first-order valence-electron chi connectivity index (χ1n) is 7.57. The monoisotopic (exact) mass is 291 g/mol. The summed E-state index contributed by atoms with van der Waals surface area (Å²) in [6, 6.07) is 1.91. The maximum Gasteiger partial charge on any atom is 0.253 e. The van der Waals surface area contributed by atoms with Crippen LogP contribution >= 0.6 is 0 Å². The summed E-state index contributed by atoms with van der Waals surface area (Å²) >= 11 is 0. The quantitative estimate of drug-likeness (QED) is 0.789. The highest BCUT2D eigenvalue weighted by molar-refractivity contribution is 5.80. The maximum absolute atomic E-state index is 12.4. The number of aryl methyl sites for hydroxylation is 2. The molecule has 1 fully saturated rings. The molecule has 21 heavy (non-hydrogen) atoms. The third-order valence-electron chi connectivity index (χ3n) is 4.50. The Hall–Kier alpha value is -1.62. The van der Waals surface area contributed by atoms with Gasteiger partial charge in [0.15, 0.2) is 0 Å². The van der Waals surface area contributed by atoms with Crippen molar-refractivity contribution < 1.29 is 4.79 Å². The minimum Gasteiger partial charge on any atom is -0.352 e. The number of nitrogens with two attached hydrogens (primary N) is 1. The molecule has 0 radical (unpaired) electrons. The average molecular weight is 291 g/mol. The second kappa shape index (κ2) is 6.02. The number of aromatic amines is 1. The summed E-state index contributed by atoms with van der Waals surface area (Å²) in [5.41, 5.74) is 8.00. The van der Waals surface area contributed by atoms with Crippen LogP contribution in [0.1, 0.15) is 49.4 Å². The smallest absolute Gasteiger partial charge is 0.253 e. The third-order valence-corrected chi connectivity index (χ3v) is 4.50. The van der Waals surface area contributed by atoms with E-state index < -0.39 is 5.54 Å². The van der Waals surface area contributed by atoms with Crippen molar-refractivity contribution in [2.75, 3.05) is 0 Å². The van der Waals surface area contributed by atoms with E-state index in [2.05, 4.69) is 10.3 Å². The van der Waals surface area contributed by atoms with Crippen molar-refractivity contribution in [1.29, 1.82) is 0 Å². The molecule has 5 heteroatoms. The molecule has 1 aromatic heterocycles. The highest BCUT2D eigenvalue weighted by Crippen LogP contribution is 2.31. The Morgan fingerprint density at radius 1 is 1.48 bits per heavy atom. The lowest BCUT2D eigenvalue weighted by atomic mass is 9.74. The van der Waals surface area contributed by atoms with Gasteiger partial charge in [-0.25, -0.2) is 0 Å². The first-order valence-corrected chi connectivity index (χ1v) is 7.57. The van der Waals surface area contributed by atoms with Crippen LogP contribution < -0.4 is 16.6 Å². The number of H-pyrrole nitrogens is 1. The standard InChI is InChI=1S/C16H25N3O2/c1-10-8-11(2)19-14(20)12(10)9-18-15(21)13-6-4-5-7-16(13,3)17/h8,13H,4-7,9,17H2,1-3H3,(H,18,21)(H,19,20). The maximum atomic E-state index is 12.4. The Labute approximate surface area is 125 Å². The molecule has 1 saturated carbocycles. The molecule has 0 spiro atoms. The molecule has 1 heterocycles. The van der Waals surface area contributed by atoms with Crippen molar-refractivity contribution in [2.24, 2.45) is 11.7 Å². The van der Waals surface area contributed by atoms with Crippen LogP contribution in [0.4, 0.5) is 0 Å². The molecule has 2 atom stereocenters. The molecule has 2 unspecified atom stereocenters. The predicted octanol–water partition coefficient (Wildman–Crippen LogP) is 1.52. The van der Waals surface area contributed by atoms with E-state index in [4.69, 9.17) is 5.73 Å². The van der Waals surface area contributed by atoms with Crippen LogP contribution in [0.3, 0.4) is 0 Å². The zero-order chi connectivity index (χ0) is 15.6. The summed E-state index contributed by atoms with van der Waals surface area (Å²) in [7, 11) is 0. The molecule has 0 aromatic carbocycles. The first kappa shape index (κ1) is 15.8. The molecule has 5 nitrogen and oxygen atoms in total. The summed E-state index contributed by atoms with van der Waals surface area (Å²) in [6.07, 6.45) is 3.81. The van der Waals surface area contributed by atoms with E-state index in [1.807, 2.05) is 26.8 Å². The molecule has 0 saturated heterocycles. The minimum atomic E-state index is -0.447. The molecule has 1 aromatic rings. The Balaban J connectivity index is 2.06. The fourth-order valence-corrected chi connectivity index (χ4v) is 3.19. The molecule has 0 bridgehead atoms. The highest BCUT2D eigenvalue weighted by atomic mass is 16.2. The van der Waals surface area contributed by atoms with Gasteiger partial charge >= 0.3 is 0 Å². The molecule has 4 N–H and O–H groups in total. The molecule has 116 valence electrons. The SMILES string of the molecule is Cc1cc(C)c(CNC(=O)C2CCCCC2(C)N)c(=O)[nH]1. The Morgan fingerprint density at radius 3 is 2.81 bits per heavy atom. The van der Waals surface area contributed by atoms with Gasteiger partial charge in [-0.05, 0) is 45.2 Å². The molecule has 0 aliphatic heterocycles. The van der Waals surface area contributed by atoms with Crippen LogP contribution in [0.5, 0.6) is 0 Å². The molecular weight excluding hydrogens is 266 g/mol. The predicted molar refractivity (Wildman–Crippen MR) is 82.9 cm³/mol. The van der Waals surface area contributed by atoms with Crippen molar-refractivity contribution in [1.82, 2.24) is 10.3 Å². The number of hydrogen-bond donors (Lipinski definition) is 3. The Morgan fingerprint density at radius 2 is 2.19 bits per heavy atom. The second-order valence-corrected chi connectivity index (χ2v) is 6.47. The Bertz CT molecular complexity index is 590. The van der Waals surface area contributed by atoms with Gasteiger partial charge in [-0.15, -0.1) is 0 Å². The van der Waals surface area contributed by atoms with E-state index >= 15 is 0 Å². The van der Waals surface area contributed by atoms with Crippen molar-refractivity contribution in [3.63, 3.8) is 0 Å². The summed E-state index contributed by atoms with van der Waals surface area (Å²) in [5, 5.41) is 2.89. The van der Waals surface area contributed by atoms with Gasteiger partial charge in [0.05, 0.1) is 5.92 Å². The van der Waals surface area contributed by atoms with Crippen LogP contribution in [-0.2, 0) is 11.3 Å². The highest BCUT2D eigenvalue weighted by Gasteiger charge is 2.37. The van der Waals surface area contributed by atoms with Gasteiger partial charge < -0.3 is 16.0 Å². The molecule has 2 rings (SSSR count). The summed E-state index contributed by atoms with van der Waals surface area (Å²) in [5.74, 6) is -0.213. The van der Waals surface area contributed by atoms with E-state index in [0.29, 0.717) is 5.56 Å². The number of nitrogens with one attached hydrogen (secondary N) is 2. The minimum absolute atomic E-state index is 0.0425. The van der Waals surface area contributed by atoms with E-state index in [0.717, 1.165) is 36.9 Å². The van der Waals surface area contributed by atoms with Crippen LogP contribution in [0.15, 0.2) is 10.9 Å².